The van der Waals surface area contributed by atoms with Crippen LogP contribution in [0.2, 0.25) is 5.02 Å². The summed E-state index contributed by atoms with van der Waals surface area (Å²) in [5, 5.41) is 3.57. The Morgan fingerprint density at radius 2 is 2.10 bits per heavy atom. The fraction of sp³-hybridized carbons (Fsp3) is 0.200. The molecule has 106 valence electrons. The van der Waals surface area contributed by atoms with E-state index in [-0.39, 0.29) is 11.9 Å². The van der Waals surface area contributed by atoms with Gasteiger partial charge in [-0.1, -0.05) is 39.7 Å². The maximum Gasteiger partial charge on any atom is 0.129 e. The third-order valence-corrected chi connectivity index (χ3v) is 4.71. The normalized spacial score (nSPS) is 12.4. The lowest BCUT2D eigenvalue weighted by Crippen LogP contribution is -2.20. The first kappa shape index (κ1) is 15.8. The Hall–Kier alpha value is -0.550. The van der Waals surface area contributed by atoms with Crippen LogP contribution in [0.25, 0.3) is 0 Å². The molecule has 0 saturated heterocycles. The largest absolute Gasteiger partial charge is 0.312 e. The lowest BCUT2D eigenvalue weighted by Gasteiger charge is -2.17. The van der Waals surface area contributed by atoms with Crippen molar-refractivity contribution in [1.29, 1.82) is 0 Å². The molecule has 1 unspecified atom stereocenters. The van der Waals surface area contributed by atoms with Gasteiger partial charge in [-0.3, -0.25) is 0 Å². The zero-order valence-electron chi connectivity index (χ0n) is 10.9. The van der Waals surface area contributed by atoms with Gasteiger partial charge in [0, 0.05) is 31.7 Å². The van der Waals surface area contributed by atoms with E-state index in [1.807, 2.05) is 25.2 Å². The lowest BCUT2D eigenvalue weighted by atomic mass is 10.1. The van der Waals surface area contributed by atoms with E-state index in [0.717, 1.165) is 15.1 Å². The Labute approximate surface area is 136 Å². The number of rotatable bonds is 5. The summed E-state index contributed by atoms with van der Waals surface area (Å²) < 4.78 is 15.0. The number of hydrogen-bond acceptors (Lipinski definition) is 2. The molecular formula is C15H14BrClFNS. The highest BCUT2D eigenvalue weighted by Crippen LogP contribution is 2.28. The zero-order valence-corrected chi connectivity index (χ0v) is 14.0. The monoisotopic (exact) mass is 373 g/mol. The van der Waals surface area contributed by atoms with E-state index in [1.165, 1.54) is 6.07 Å². The standard InChI is InChI=1S/C15H14BrClFNS/c1-19-15(13-6-5-11(17)8-14(13)18)9-20-12-4-2-3-10(16)7-12/h2-8,15,19H,9H2,1H3. The molecule has 0 bridgehead atoms. The van der Waals surface area contributed by atoms with Gasteiger partial charge in [0.05, 0.1) is 0 Å². The lowest BCUT2D eigenvalue weighted by molar-refractivity contribution is 0.566. The van der Waals surface area contributed by atoms with Gasteiger partial charge in [0.2, 0.25) is 0 Å². The molecular weight excluding hydrogens is 361 g/mol. The number of halogens is 3. The molecule has 1 atom stereocenters. The van der Waals surface area contributed by atoms with E-state index < -0.39 is 0 Å². The first-order valence-electron chi connectivity index (χ1n) is 6.10. The first-order chi connectivity index (χ1) is 9.60. The highest BCUT2D eigenvalue weighted by atomic mass is 79.9. The topological polar surface area (TPSA) is 12.0 Å². The molecule has 1 nitrogen and oxygen atoms in total. The van der Waals surface area contributed by atoms with E-state index in [2.05, 4.69) is 27.3 Å². The summed E-state index contributed by atoms with van der Waals surface area (Å²) in [7, 11) is 1.83. The van der Waals surface area contributed by atoms with E-state index in [0.29, 0.717) is 10.6 Å². The number of nitrogens with one attached hydrogen (secondary N) is 1. The summed E-state index contributed by atoms with van der Waals surface area (Å²) in [6, 6.07) is 12.8. The van der Waals surface area contributed by atoms with Crippen molar-refractivity contribution in [2.75, 3.05) is 12.8 Å². The van der Waals surface area contributed by atoms with Crippen molar-refractivity contribution in [2.24, 2.45) is 0 Å². The van der Waals surface area contributed by atoms with Crippen LogP contribution in [0.4, 0.5) is 4.39 Å². The summed E-state index contributed by atoms with van der Waals surface area (Å²) >= 11 is 10.9. The molecule has 20 heavy (non-hydrogen) atoms. The second-order valence-corrected chi connectivity index (χ2v) is 6.72. The summed E-state index contributed by atoms with van der Waals surface area (Å²) in [5.74, 6) is 0.470. The Morgan fingerprint density at radius 3 is 2.75 bits per heavy atom. The number of thioether (sulfide) groups is 1. The third-order valence-electron chi connectivity index (χ3n) is 2.90. The highest BCUT2D eigenvalue weighted by Gasteiger charge is 2.14. The van der Waals surface area contributed by atoms with Crippen LogP contribution in [0.5, 0.6) is 0 Å². The van der Waals surface area contributed by atoms with Crippen LogP contribution >= 0.6 is 39.3 Å². The van der Waals surface area contributed by atoms with E-state index in [4.69, 9.17) is 11.6 Å². The fourth-order valence-corrected chi connectivity index (χ4v) is 3.65. The molecule has 0 fully saturated rings. The molecule has 0 aromatic heterocycles. The Bertz CT molecular complexity index is 594. The first-order valence-corrected chi connectivity index (χ1v) is 8.26. The Morgan fingerprint density at radius 1 is 1.30 bits per heavy atom. The van der Waals surface area contributed by atoms with Crippen LogP contribution in [-0.4, -0.2) is 12.8 Å². The summed E-state index contributed by atoms with van der Waals surface area (Å²) in [4.78, 5) is 1.15. The molecule has 2 rings (SSSR count). The van der Waals surface area contributed by atoms with Crippen molar-refractivity contribution in [3.8, 4) is 0 Å². The maximum absolute atomic E-state index is 13.9. The summed E-state index contributed by atoms with van der Waals surface area (Å²) in [6.45, 7) is 0. The van der Waals surface area contributed by atoms with Crippen molar-refractivity contribution in [1.82, 2.24) is 5.32 Å². The second-order valence-electron chi connectivity index (χ2n) is 4.28. The van der Waals surface area contributed by atoms with Crippen LogP contribution in [0.3, 0.4) is 0 Å². The van der Waals surface area contributed by atoms with Crippen LogP contribution in [0.1, 0.15) is 11.6 Å². The van der Waals surface area contributed by atoms with E-state index in [9.17, 15) is 4.39 Å². The van der Waals surface area contributed by atoms with Crippen molar-refractivity contribution in [3.05, 3.63) is 63.3 Å². The highest BCUT2D eigenvalue weighted by molar-refractivity contribution is 9.10. The quantitative estimate of drug-likeness (QED) is 0.713. The maximum atomic E-state index is 13.9. The molecule has 2 aromatic rings. The van der Waals surface area contributed by atoms with Gasteiger partial charge in [-0.15, -0.1) is 11.8 Å². The van der Waals surface area contributed by atoms with Gasteiger partial charge in [0.1, 0.15) is 5.82 Å². The smallest absolute Gasteiger partial charge is 0.129 e. The van der Waals surface area contributed by atoms with Crippen molar-refractivity contribution in [2.45, 2.75) is 10.9 Å². The van der Waals surface area contributed by atoms with E-state index >= 15 is 0 Å². The van der Waals surface area contributed by atoms with Gasteiger partial charge in [-0.05, 0) is 37.4 Å². The van der Waals surface area contributed by atoms with Crippen LogP contribution in [0, 0.1) is 5.82 Å². The molecule has 0 aliphatic heterocycles. The average Bonchev–Trinajstić information content (AvgIpc) is 2.41. The van der Waals surface area contributed by atoms with Gasteiger partial charge in [-0.2, -0.15) is 0 Å². The molecule has 5 heteroatoms. The molecule has 0 heterocycles. The third kappa shape index (κ3) is 4.22. The number of hydrogen-bond donors (Lipinski definition) is 1. The second kappa shape index (κ2) is 7.46. The molecule has 0 radical (unpaired) electrons. The van der Waals surface area contributed by atoms with E-state index in [1.54, 1.807) is 23.9 Å². The molecule has 2 aromatic carbocycles. The molecule has 0 saturated carbocycles. The molecule has 0 spiro atoms. The van der Waals surface area contributed by atoms with Crippen LogP contribution in [-0.2, 0) is 0 Å². The molecule has 0 amide bonds. The predicted molar refractivity (Wildman–Crippen MR) is 88.1 cm³/mol. The molecule has 0 aliphatic rings. The Balaban J connectivity index is 2.09. The van der Waals surface area contributed by atoms with Gasteiger partial charge >= 0.3 is 0 Å². The predicted octanol–water partition coefficient (Wildman–Crippen LogP) is 5.29. The minimum atomic E-state index is -0.272. The SMILES string of the molecule is CNC(CSc1cccc(Br)c1)c1ccc(Cl)cc1F. The van der Waals surface area contributed by atoms with Crippen LogP contribution in [0.15, 0.2) is 51.8 Å². The zero-order chi connectivity index (χ0) is 14.5. The molecule has 0 aliphatic carbocycles. The van der Waals surface area contributed by atoms with Gasteiger partial charge < -0.3 is 5.32 Å². The molecule has 1 N–H and O–H groups in total. The summed E-state index contributed by atoms with van der Waals surface area (Å²) in [5.41, 5.74) is 0.638. The minimum Gasteiger partial charge on any atom is -0.312 e. The average molecular weight is 375 g/mol. The van der Waals surface area contributed by atoms with Gasteiger partial charge in [0.25, 0.3) is 0 Å². The summed E-state index contributed by atoms with van der Waals surface area (Å²) in [6.07, 6.45) is 0. The number of benzene rings is 2. The fourth-order valence-electron chi connectivity index (χ4n) is 1.85. The van der Waals surface area contributed by atoms with Crippen molar-refractivity contribution in [3.63, 3.8) is 0 Å². The Kier molecular flexibility index (Phi) is 5.90. The van der Waals surface area contributed by atoms with Gasteiger partial charge in [0.15, 0.2) is 0 Å². The van der Waals surface area contributed by atoms with Crippen molar-refractivity contribution < 1.29 is 4.39 Å². The van der Waals surface area contributed by atoms with Gasteiger partial charge in [-0.25, -0.2) is 4.39 Å². The minimum absolute atomic E-state index is 0.0590. The van der Waals surface area contributed by atoms with Crippen LogP contribution < -0.4 is 5.32 Å². The van der Waals surface area contributed by atoms with Crippen molar-refractivity contribution >= 4 is 39.3 Å².